The summed E-state index contributed by atoms with van der Waals surface area (Å²) in [6.07, 6.45) is 0. The van der Waals surface area contributed by atoms with Gasteiger partial charge in [0.05, 0.1) is 11.1 Å². The number of rotatable bonds is 7. The minimum absolute atomic E-state index is 0.117. The Morgan fingerprint density at radius 2 is 0.765 bits per heavy atom. The molecule has 0 aliphatic heterocycles. The molecule has 13 rings (SSSR count). The van der Waals surface area contributed by atoms with Crippen molar-refractivity contribution in [3.05, 3.63) is 281 Å². The molecule has 0 radical (unpaired) electrons. The summed E-state index contributed by atoms with van der Waals surface area (Å²) in [5.74, 6) is 0. The Morgan fingerprint density at radius 1 is 0.279 bits per heavy atom. The Balaban J connectivity index is 0.959. The molecular formula is C67H51N. The predicted octanol–water partition coefficient (Wildman–Crippen LogP) is 17.5. The van der Waals surface area contributed by atoms with Crippen LogP contribution in [0.1, 0.15) is 72.2 Å². The molecule has 10 aromatic carbocycles. The zero-order valence-corrected chi connectivity index (χ0v) is 39.0. The van der Waals surface area contributed by atoms with Gasteiger partial charge in [0.2, 0.25) is 0 Å². The lowest BCUT2D eigenvalue weighted by molar-refractivity contribution is 0.660. The maximum atomic E-state index is 2.51. The van der Waals surface area contributed by atoms with Gasteiger partial charge >= 0.3 is 0 Å². The molecule has 1 atom stereocenters. The highest BCUT2D eigenvalue weighted by molar-refractivity contribution is 5.96. The second-order valence-electron chi connectivity index (χ2n) is 20.0. The quantitative estimate of drug-likeness (QED) is 0.154. The van der Waals surface area contributed by atoms with E-state index >= 15 is 0 Å². The van der Waals surface area contributed by atoms with E-state index in [2.05, 4.69) is 269 Å². The van der Waals surface area contributed by atoms with Crippen LogP contribution in [0.3, 0.4) is 0 Å². The van der Waals surface area contributed by atoms with E-state index in [9.17, 15) is 0 Å². The van der Waals surface area contributed by atoms with E-state index in [1.54, 1.807) is 0 Å². The molecule has 1 nitrogen and oxygen atoms in total. The highest BCUT2D eigenvalue weighted by Crippen LogP contribution is 2.58. The molecule has 3 aliphatic rings. The summed E-state index contributed by atoms with van der Waals surface area (Å²) in [7, 11) is 0. The smallest absolute Gasteiger partial charge is 0.0713 e. The maximum Gasteiger partial charge on any atom is 0.0713 e. The molecule has 0 saturated heterocycles. The van der Waals surface area contributed by atoms with Crippen molar-refractivity contribution in [1.29, 1.82) is 0 Å². The highest BCUT2D eigenvalue weighted by Gasteiger charge is 2.46. The van der Waals surface area contributed by atoms with Gasteiger partial charge in [0, 0.05) is 27.8 Å². The van der Waals surface area contributed by atoms with Gasteiger partial charge in [0.1, 0.15) is 0 Å². The minimum atomic E-state index is -0.490. The summed E-state index contributed by atoms with van der Waals surface area (Å²) in [5.41, 5.74) is 26.1. The van der Waals surface area contributed by atoms with E-state index in [4.69, 9.17) is 0 Å². The third kappa shape index (κ3) is 5.75. The van der Waals surface area contributed by atoms with Crippen LogP contribution in [-0.2, 0) is 16.2 Å². The lowest BCUT2D eigenvalue weighted by Gasteiger charge is -2.34. The zero-order valence-electron chi connectivity index (χ0n) is 39.0. The van der Waals surface area contributed by atoms with Gasteiger partial charge < -0.3 is 4.90 Å². The van der Waals surface area contributed by atoms with Crippen molar-refractivity contribution in [3.8, 4) is 55.6 Å². The van der Waals surface area contributed by atoms with E-state index in [0.717, 1.165) is 11.4 Å². The first-order chi connectivity index (χ1) is 33.2. The van der Waals surface area contributed by atoms with Crippen LogP contribution in [0.4, 0.5) is 17.1 Å². The van der Waals surface area contributed by atoms with E-state index in [1.165, 1.54) is 106 Å². The monoisotopic (exact) mass is 869 g/mol. The van der Waals surface area contributed by atoms with Gasteiger partial charge in [-0.25, -0.2) is 0 Å². The Bertz CT molecular complexity index is 3610. The molecule has 0 amide bonds. The molecule has 0 bridgehead atoms. The number of nitrogens with zero attached hydrogens (tertiary/aromatic N) is 1. The molecule has 1 heteroatoms. The van der Waals surface area contributed by atoms with Crippen molar-refractivity contribution in [2.45, 2.75) is 43.9 Å². The lowest BCUT2D eigenvalue weighted by Crippen LogP contribution is -2.28. The molecule has 0 N–H and O–H groups in total. The van der Waals surface area contributed by atoms with Crippen LogP contribution in [0.25, 0.3) is 55.6 Å². The summed E-state index contributed by atoms with van der Waals surface area (Å²) in [5, 5.41) is 0. The fourth-order valence-electron chi connectivity index (χ4n) is 12.5. The average molecular weight is 870 g/mol. The largest absolute Gasteiger partial charge is 0.310 e. The molecule has 0 spiro atoms. The number of hydrogen-bond donors (Lipinski definition) is 0. The van der Waals surface area contributed by atoms with Gasteiger partial charge in [-0.15, -0.1) is 0 Å². The van der Waals surface area contributed by atoms with Crippen LogP contribution in [0.15, 0.2) is 237 Å². The molecule has 1 unspecified atom stereocenters. The van der Waals surface area contributed by atoms with Gasteiger partial charge in [-0.1, -0.05) is 222 Å². The van der Waals surface area contributed by atoms with E-state index in [1.807, 2.05) is 0 Å². The van der Waals surface area contributed by atoms with E-state index in [0.29, 0.717) is 0 Å². The van der Waals surface area contributed by atoms with Crippen molar-refractivity contribution < 1.29 is 0 Å². The number of fused-ring (bicyclic) bond motifs is 9. The second kappa shape index (κ2) is 15.0. The Hall–Kier alpha value is -8.00. The molecular weight excluding hydrogens is 819 g/mol. The van der Waals surface area contributed by atoms with Crippen molar-refractivity contribution in [2.24, 2.45) is 0 Å². The summed E-state index contributed by atoms with van der Waals surface area (Å²) in [4.78, 5) is 2.51. The van der Waals surface area contributed by atoms with Gasteiger partial charge in [-0.3, -0.25) is 0 Å². The Kier molecular flexibility index (Phi) is 8.89. The van der Waals surface area contributed by atoms with Crippen molar-refractivity contribution in [3.63, 3.8) is 0 Å². The van der Waals surface area contributed by atoms with Gasteiger partial charge in [0.25, 0.3) is 0 Å². The summed E-state index contributed by atoms with van der Waals surface area (Å²) >= 11 is 0. The van der Waals surface area contributed by atoms with Crippen molar-refractivity contribution in [1.82, 2.24) is 0 Å². The fraction of sp³-hybridized carbons (Fsp3) is 0.104. The number of benzene rings is 10. The molecule has 324 valence electrons. The molecule has 10 aromatic rings. The van der Waals surface area contributed by atoms with Crippen LogP contribution >= 0.6 is 0 Å². The first kappa shape index (κ1) is 40.3. The Labute approximate surface area is 400 Å². The molecule has 0 fully saturated rings. The van der Waals surface area contributed by atoms with Crippen LogP contribution in [0.2, 0.25) is 0 Å². The van der Waals surface area contributed by atoms with Gasteiger partial charge in [0.15, 0.2) is 0 Å². The van der Waals surface area contributed by atoms with E-state index in [-0.39, 0.29) is 10.8 Å². The first-order valence-corrected chi connectivity index (χ1v) is 24.1. The minimum Gasteiger partial charge on any atom is -0.310 e. The standard InChI is InChI=1S/C67H51N/c1-65(2)58-29-15-13-27-55(58)64-61(65)31-18-32-63(64)68(51-38-39-54-52-25-11-14-28-57(52)66(3,4)62(54)43-51)50-36-33-45(34-37-50)47-35-40-60-56(42-47)53-26-12-16-30-59(53)67(60,48-22-9-6-10-23-48)49-24-17-21-46(41-49)44-19-7-5-8-20-44/h5-43H,1-4H3. The van der Waals surface area contributed by atoms with Crippen LogP contribution in [0, 0.1) is 0 Å². The zero-order chi connectivity index (χ0) is 45.8. The molecule has 0 aromatic heterocycles. The van der Waals surface area contributed by atoms with Crippen LogP contribution in [-0.4, -0.2) is 0 Å². The summed E-state index contributed by atoms with van der Waals surface area (Å²) in [6.45, 7) is 9.49. The van der Waals surface area contributed by atoms with Gasteiger partial charge in [-0.2, -0.15) is 0 Å². The third-order valence-corrected chi connectivity index (χ3v) is 15.8. The number of hydrogen-bond acceptors (Lipinski definition) is 1. The lowest BCUT2D eigenvalue weighted by atomic mass is 9.67. The topological polar surface area (TPSA) is 3.24 Å². The van der Waals surface area contributed by atoms with Crippen molar-refractivity contribution >= 4 is 17.1 Å². The van der Waals surface area contributed by atoms with E-state index < -0.39 is 5.41 Å². The summed E-state index contributed by atoms with van der Waals surface area (Å²) < 4.78 is 0. The predicted molar refractivity (Wildman–Crippen MR) is 284 cm³/mol. The SMILES string of the molecule is CC1(C)c2ccccc2-c2ccc(N(c3ccc(-c4ccc5c(c4)-c4ccccc4C5(c4ccccc4)c4cccc(-c5ccccc5)c4)cc3)c3cccc4c3-c3ccccc3C4(C)C)cc21. The highest BCUT2D eigenvalue weighted by atomic mass is 15.1. The van der Waals surface area contributed by atoms with Gasteiger partial charge in [-0.05, 0) is 137 Å². The molecule has 0 heterocycles. The Morgan fingerprint density at radius 3 is 1.51 bits per heavy atom. The normalized spacial score (nSPS) is 16.2. The molecule has 3 aliphatic carbocycles. The fourth-order valence-corrected chi connectivity index (χ4v) is 12.5. The average Bonchev–Trinajstić information content (AvgIpc) is 3.92. The van der Waals surface area contributed by atoms with Crippen molar-refractivity contribution in [2.75, 3.05) is 4.90 Å². The van der Waals surface area contributed by atoms with Crippen LogP contribution in [0.5, 0.6) is 0 Å². The first-order valence-electron chi connectivity index (χ1n) is 24.1. The van der Waals surface area contributed by atoms with Crippen LogP contribution < -0.4 is 4.90 Å². The number of anilines is 3. The molecule has 68 heavy (non-hydrogen) atoms. The summed E-state index contributed by atoms with van der Waals surface area (Å²) in [6, 6.07) is 88.7. The molecule has 0 saturated carbocycles. The maximum absolute atomic E-state index is 2.51. The second-order valence-corrected chi connectivity index (χ2v) is 20.0. The third-order valence-electron chi connectivity index (χ3n) is 15.8.